The zero-order valence-electron chi connectivity index (χ0n) is 11.5. The van der Waals surface area contributed by atoms with Gasteiger partial charge >= 0.3 is 5.97 Å². The summed E-state index contributed by atoms with van der Waals surface area (Å²) in [7, 11) is 5.94. The van der Waals surface area contributed by atoms with E-state index in [1.54, 1.807) is 11.8 Å². The van der Waals surface area contributed by atoms with Gasteiger partial charge in [-0.3, -0.25) is 4.79 Å². The Balaban J connectivity index is 1.57. The second-order valence-corrected chi connectivity index (χ2v) is 6.70. The Morgan fingerprint density at radius 3 is 2.85 bits per heavy atom. The summed E-state index contributed by atoms with van der Waals surface area (Å²) in [5.41, 5.74) is 0.566. The van der Waals surface area contributed by atoms with Crippen molar-refractivity contribution in [2.45, 2.75) is 36.8 Å². The Morgan fingerprint density at radius 2 is 2.25 bits per heavy atom. The number of carbonyl (C=O) groups excluding carboxylic acids is 1. The van der Waals surface area contributed by atoms with Crippen LogP contribution in [0.5, 0.6) is 0 Å². The van der Waals surface area contributed by atoms with E-state index in [0.717, 1.165) is 11.3 Å². The van der Waals surface area contributed by atoms with Crippen LogP contribution in [0, 0.1) is 5.92 Å². The van der Waals surface area contributed by atoms with Crippen LogP contribution in [0.3, 0.4) is 0 Å². The molecular weight excluding hydrogens is 271 g/mol. The molecule has 2 bridgehead atoms. The molecule has 2 saturated heterocycles. The lowest BCUT2D eigenvalue weighted by Gasteiger charge is -2.30. The molecule has 3 nitrogen and oxygen atoms in total. The van der Waals surface area contributed by atoms with E-state index in [0.29, 0.717) is 17.8 Å². The van der Waals surface area contributed by atoms with Gasteiger partial charge in [0.15, 0.2) is 0 Å². The summed E-state index contributed by atoms with van der Waals surface area (Å²) < 4.78 is 11.2. The molecule has 2 radical (unpaired) electrons. The highest BCUT2D eigenvalue weighted by atomic mass is 32.2. The van der Waals surface area contributed by atoms with E-state index in [1.807, 2.05) is 30.3 Å². The first kappa shape index (κ1) is 14.0. The van der Waals surface area contributed by atoms with Crippen LogP contribution in [0.25, 0.3) is 0 Å². The summed E-state index contributed by atoms with van der Waals surface area (Å²) in [5.74, 6) is 0.912. The molecule has 0 N–H and O–H groups in total. The summed E-state index contributed by atoms with van der Waals surface area (Å²) in [6.45, 7) is 2.43. The second kappa shape index (κ2) is 5.45. The maximum atomic E-state index is 12.1. The SMILES string of the molecule is [B][C@@H]1O[C@]2(CC(=O)OCc3ccccc3)CS[C@@H]1C2C. The van der Waals surface area contributed by atoms with E-state index < -0.39 is 5.60 Å². The monoisotopic (exact) mass is 288 g/mol. The molecule has 3 rings (SSSR count). The van der Waals surface area contributed by atoms with Crippen molar-refractivity contribution in [3.05, 3.63) is 35.9 Å². The van der Waals surface area contributed by atoms with Crippen LogP contribution in [-0.4, -0.2) is 36.4 Å². The maximum absolute atomic E-state index is 12.1. The molecule has 2 fully saturated rings. The first-order valence-electron chi connectivity index (χ1n) is 6.85. The molecule has 0 amide bonds. The smallest absolute Gasteiger partial charge is 0.309 e. The second-order valence-electron chi connectivity index (χ2n) is 5.53. The highest BCUT2D eigenvalue weighted by Crippen LogP contribution is 2.52. The number of fused-ring (bicyclic) bond motifs is 2. The minimum absolute atomic E-state index is 0.212. The van der Waals surface area contributed by atoms with Crippen molar-refractivity contribution in [3.8, 4) is 0 Å². The number of hydrogen-bond donors (Lipinski definition) is 0. The molecule has 0 spiro atoms. The normalized spacial score (nSPS) is 35.1. The number of ether oxygens (including phenoxy) is 2. The van der Waals surface area contributed by atoms with Gasteiger partial charge in [0.05, 0.1) is 12.0 Å². The van der Waals surface area contributed by atoms with Crippen LogP contribution in [0.1, 0.15) is 18.9 Å². The lowest BCUT2D eigenvalue weighted by Crippen LogP contribution is -2.39. The number of esters is 1. The van der Waals surface area contributed by atoms with Gasteiger partial charge in [-0.25, -0.2) is 0 Å². The average molecular weight is 288 g/mol. The third kappa shape index (κ3) is 2.49. The van der Waals surface area contributed by atoms with Gasteiger partial charge in [0.25, 0.3) is 0 Å². The summed E-state index contributed by atoms with van der Waals surface area (Å²) in [5, 5.41) is 0.303. The van der Waals surface area contributed by atoms with Gasteiger partial charge in [0.1, 0.15) is 14.5 Å². The Labute approximate surface area is 124 Å². The molecular formula is C15H17BO3S. The van der Waals surface area contributed by atoms with E-state index in [4.69, 9.17) is 17.3 Å². The van der Waals surface area contributed by atoms with Gasteiger partial charge in [-0.05, 0) is 5.56 Å². The predicted molar refractivity (Wildman–Crippen MR) is 79.6 cm³/mol. The fraction of sp³-hybridized carbons (Fsp3) is 0.533. The minimum Gasteiger partial charge on any atom is -0.461 e. The molecule has 2 heterocycles. The van der Waals surface area contributed by atoms with Crippen LogP contribution in [0.15, 0.2) is 30.3 Å². The van der Waals surface area contributed by atoms with Gasteiger partial charge in [-0.2, -0.15) is 11.8 Å². The Morgan fingerprint density at radius 1 is 1.50 bits per heavy atom. The topological polar surface area (TPSA) is 35.5 Å². The Kier molecular flexibility index (Phi) is 3.82. The fourth-order valence-electron chi connectivity index (χ4n) is 2.96. The van der Waals surface area contributed by atoms with Crippen molar-refractivity contribution in [3.63, 3.8) is 0 Å². The van der Waals surface area contributed by atoms with Gasteiger partial charge in [-0.1, -0.05) is 37.3 Å². The van der Waals surface area contributed by atoms with Crippen molar-refractivity contribution in [2.75, 3.05) is 5.75 Å². The largest absolute Gasteiger partial charge is 0.461 e. The van der Waals surface area contributed by atoms with Crippen molar-refractivity contribution >= 4 is 25.6 Å². The minimum atomic E-state index is -0.428. The van der Waals surface area contributed by atoms with E-state index in [-0.39, 0.29) is 18.4 Å². The van der Waals surface area contributed by atoms with Crippen molar-refractivity contribution in [2.24, 2.45) is 5.92 Å². The van der Waals surface area contributed by atoms with E-state index >= 15 is 0 Å². The highest BCUT2D eigenvalue weighted by Gasteiger charge is 2.57. The Hall–Kier alpha value is -0.935. The number of rotatable bonds is 4. The zero-order valence-corrected chi connectivity index (χ0v) is 12.3. The number of benzene rings is 1. The molecule has 0 aromatic heterocycles. The number of carbonyl (C=O) groups is 1. The maximum Gasteiger partial charge on any atom is 0.309 e. The van der Waals surface area contributed by atoms with Crippen molar-refractivity contribution in [1.82, 2.24) is 0 Å². The van der Waals surface area contributed by atoms with E-state index in [2.05, 4.69) is 6.92 Å². The van der Waals surface area contributed by atoms with Crippen molar-refractivity contribution in [1.29, 1.82) is 0 Å². The molecule has 20 heavy (non-hydrogen) atoms. The quantitative estimate of drug-likeness (QED) is 0.628. The average Bonchev–Trinajstić information content (AvgIpc) is 2.86. The molecule has 0 aliphatic carbocycles. The van der Waals surface area contributed by atoms with E-state index in [9.17, 15) is 4.79 Å². The molecule has 5 heteroatoms. The lowest BCUT2D eigenvalue weighted by molar-refractivity contribution is -0.151. The highest BCUT2D eigenvalue weighted by molar-refractivity contribution is 8.00. The fourth-order valence-corrected chi connectivity index (χ4v) is 4.65. The van der Waals surface area contributed by atoms with Crippen LogP contribution in [-0.2, 0) is 20.9 Å². The first-order valence-corrected chi connectivity index (χ1v) is 7.90. The van der Waals surface area contributed by atoms with Crippen LogP contribution in [0.2, 0.25) is 0 Å². The number of thioether (sulfide) groups is 1. The molecule has 4 atom stereocenters. The summed E-state index contributed by atoms with van der Waals surface area (Å²) in [4.78, 5) is 12.1. The standard InChI is InChI=1S/C15H17BO3S/c1-10-13-14(16)19-15(10,9-20-13)7-12(17)18-8-11-5-3-2-4-6-11/h2-6,10,13-14H,7-9H2,1H3/t10?,13-,14-,15-/m1/s1. The Bertz CT molecular complexity index is 495. The first-order chi connectivity index (χ1) is 9.61. The third-order valence-electron chi connectivity index (χ3n) is 4.22. The van der Waals surface area contributed by atoms with Gasteiger partial charge in [0.2, 0.25) is 0 Å². The summed E-state index contributed by atoms with van der Waals surface area (Å²) in [6, 6.07) is 9.43. The predicted octanol–water partition coefficient (Wildman–Crippen LogP) is 2.13. The van der Waals surface area contributed by atoms with Crippen molar-refractivity contribution < 1.29 is 14.3 Å². The zero-order chi connectivity index (χ0) is 14.2. The molecule has 1 unspecified atom stereocenters. The molecule has 2 aliphatic heterocycles. The summed E-state index contributed by atoms with van der Waals surface area (Å²) >= 11 is 1.81. The third-order valence-corrected chi connectivity index (χ3v) is 5.94. The number of hydrogen-bond acceptors (Lipinski definition) is 4. The van der Waals surface area contributed by atoms with Gasteiger partial charge in [-0.15, -0.1) is 0 Å². The molecule has 0 saturated carbocycles. The molecule has 1 aromatic rings. The molecule has 1 aromatic carbocycles. The molecule has 104 valence electrons. The summed E-state index contributed by atoms with van der Waals surface area (Å²) in [6.07, 6.45) is 0.290. The van der Waals surface area contributed by atoms with E-state index in [1.165, 1.54) is 0 Å². The molecule has 2 aliphatic rings. The van der Waals surface area contributed by atoms with Crippen LogP contribution < -0.4 is 0 Å². The van der Waals surface area contributed by atoms with Crippen LogP contribution in [0.4, 0.5) is 0 Å². The van der Waals surface area contributed by atoms with Crippen LogP contribution >= 0.6 is 11.8 Å². The van der Waals surface area contributed by atoms with Gasteiger partial charge in [0, 0.05) is 22.9 Å². The van der Waals surface area contributed by atoms with Gasteiger partial charge < -0.3 is 9.47 Å². The lowest BCUT2D eigenvalue weighted by atomic mass is 9.84.